The summed E-state index contributed by atoms with van der Waals surface area (Å²) in [5, 5.41) is 47.2. The first-order valence-electron chi connectivity index (χ1n) is 12.7. The van der Waals surface area contributed by atoms with Gasteiger partial charge in [-0.25, -0.2) is 0 Å². The van der Waals surface area contributed by atoms with Gasteiger partial charge in [-0.2, -0.15) is 0 Å². The predicted octanol–water partition coefficient (Wildman–Crippen LogP) is 1.44. The molecule has 1 rings (SSSR count). The van der Waals surface area contributed by atoms with E-state index in [0.29, 0.717) is 5.57 Å². The van der Waals surface area contributed by atoms with Gasteiger partial charge in [0.2, 0.25) is 0 Å². The van der Waals surface area contributed by atoms with Crippen LogP contribution in [0.4, 0.5) is 0 Å². The number of Topliss-reactive ketones (excluding diaryl/α,β-unsaturated/α-hetero) is 1. The molecule has 38 heavy (non-hydrogen) atoms. The molecule has 0 aromatic heterocycles. The molecule has 0 saturated carbocycles. The second-order valence-corrected chi connectivity index (χ2v) is 10.0. The number of ether oxygens (including phenoxy) is 2. The molecule has 0 spiro atoms. The number of carbonyl (C=O) groups is 3. The Morgan fingerprint density at radius 1 is 1.08 bits per heavy atom. The van der Waals surface area contributed by atoms with E-state index in [1.54, 1.807) is 6.92 Å². The minimum absolute atomic E-state index is 0.281. The fraction of sp³-hybridized carbons (Fsp3) is 0.607. The normalized spacial score (nSPS) is 21.5. The van der Waals surface area contributed by atoms with E-state index in [0.717, 1.165) is 17.6 Å². The standard InChI is InChI=1S/C28H42O10/c1-6-7-8-9-17(2)10-11-19-18(3)25(34)22(14-28(19,4)5)38-24(33)13-12-23(32)37-16-21(31)27(36)26(35)20(30)15-29/h7-11,20-22,26-27,29-31,35-36H,6,12-16H2,1-5H3/b8-7+,11-10+,17-9+. The number of hydrogen-bond acceptors (Lipinski definition) is 10. The van der Waals surface area contributed by atoms with E-state index in [-0.39, 0.29) is 18.6 Å². The van der Waals surface area contributed by atoms with Crippen molar-refractivity contribution in [2.75, 3.05) is 13.2 Å². The molecule has 0 fully saturated rings. The summed E-state index contributed by atoms with van der Waals surface area (Å²) in [6.45, 7) is 8.11. The maximum atomic E-state index is 12.9. The summed E-state index contributed by atoms with van der Waals surface area (Å²) < 4.78 is 10.2. The van der Waals surface area contributed by atoms with Crippen LogP contribution in [0, 0.1) is 5.41 Å². The quantitative estimate of drug-likeness (QED) is 0.161. The second kappa shape index (κ2) is 15.7. The van der Waals surface area contributed by atoms with Gasteiger partial charge in [0.1, 0.15) is 31.0 Å². The molecule has 0 amide bonds. The highest BCUT2D eigenvalue weighted by Gasteiger charge is 2.40. The van der Waals surface area contributed by atoms with Gasteiger partial charge >= 0.3 is 11.9 Å². The Morgan fingerprint density at radius 2 is 1.68 bits per heavy atom. The molecule has 0 heterocycles. The topological polar surface area (TPSA) is 171 Å². The van der Waals surface area contributed by atoms with Crippen LogP contribution in [-0.4, -0.2) is 87.0 Å². The summed E-state index contributed by atoms with van der Waals surface area (Å²) in [5.74, 6) is -1.93. The Morgan fingerprint density at radius 3 is 2.29 bits per heavy atom. The van der Waals surface area contributed by atoms with E-state index in [1.165, 1.54) is 0 Å². The van der Waals surface area contributed by atoms with Crippen LogP contribution in [-0.2, 0) is 23.9 Å². The summed E-state index contributed by atoms with van der Waals surface area (Å²) in [4.78, 5) is 37.2. The monoisotopic (exact) mass is 538 g/mol. The van der Waals surface area contributed by atoms with Crippen LogP contribution in [0.3, 0.4) is 0 Å². The van der Waals surface area contributed by atoms with Crippen LogP contribution in [0.1, 0.15) is 60.3 Å². The van der Waals surface area contributed by atoms with Crippen molar-refractivity contribution in [2.45, 2.75) is 90.8 Å². The van der Waals surface area contributed by atoms with Crippen molar-refractivity contribution < 1.29 is 49.4 Å². The summed E-state index contributed by atoms with van der Waals surface area (Å²) in [6, 6.07) is 0. The van der Waals surface area contributed by atoms with Crippen molar-refractivity contribution in [3.8, 4) is 0 Å². The summed E-state index contributed by atoms with van der Waals surface area (Å²) in [6.07, 6.45) is 2.22. The lowest BCUT2D eigenvalue weighted by atomic mass is 9.71. The fourth-order valence-corrected chi connectivity index (χ4v) is 3.95. The third-order valence-electron chi connectivity index (χ3n) is 6.28. The van der Waals surface area contributed by atoms with Crippen molar-refractivity contribution >= 4 is 17.7 Å². The zero-order chi connectivity index (χ0) is 29.0. The molecule has 5 unspecified atom stereocenters. The molecule has 10 nitrogen and oxygen atoms in total. The SMILES string of the molecule is CC/C=C/C=C(C)/C=C/C1=C(C)C(=O)C(OC(=O)CCC(=O)OCC(O)C(O)C(O)C(O)CO)CC1(C)C. The van der Waals surface area contributed by atoms with Gasteiger partial charge < -0.3 is 35.0 Å². The number of allylic oxidation sites excluding steroid dienone is 7. The van der Waals surface area contributed by atoms with Gasteiger partial charge in [-0.05, 0) is 36.8 Å². The van der Waals surface area contributed by atoms with Crippen molar-refractivity contribution in [1.82, 2.24) is 0 Å². The first-order chi connectivity index (χ1) is 17.7. The Balaban J connectivity index is 2.67. The third-order valence-corrected chi connectivity index (χ3v) is 6.28. The van der Waals surface area contributed by atoms with Crippen LogP contribution in [0.15, 0.2) is 47.1 Å². The minimum Gasteiger partial charge on any atom is -0.463 e. The Kier molecular flexibility index (Phi) is 13.8. The van der Waals surface area contributed by atoms with E-state index in [2.05, 4.69) is 6.92 Å². The van der Waals surface area contributed by atoms with Crippen LogP contribution in [0.25, 0.3) is 0 Å². The zero-order valence-corrected chi connectivity index (χ0v) is 22.8. The van der Waals surface area contributed by atoms with E-state index < -0.39 is 67.5 Å². The van der Waals surface area contributed by atoms with E-state index >= 15 is 0 Å². The van der Waals surface area contributed by atoms with Crippen LogP contribution in [0.5, 0.6) is 0 Å². The van der Waals surface area contributed by atoms with Gasteiger partial charge in [-0.3, -0.25) is 14.4 Å². The predicted molar refractivity (Wildman–Crippen MR) is 140 cm³/mol. The molecule has 0 bridgehead atoms. The van der Waals surface area contributed by atoms with Gasteiger partial charge in [-0.15, -0.1) is 0 Å². The van der Waals surface area contributed by atoms with Gasteiger partial charge in [-0.1, -0.05) is 56.7 Å². The number of hydrogen-bond donors (Lipinski definition) is 5. The highest BCUT2D eigenvalue weighted by molar-refractivity contribution is 6.01. The smallest absolute Gasteiger partial charge is 0.307 e. The third kappa shape index (κ3) is 10.3. The van der Waals surface area contributed by atoms with Crippen LogP contribution < -0.4 is 0 Å². The molecular weight excluding hydrogens is 496 g/mol. The molecular formula is C28H42O10. The molecule has 0 radical (unpaired) electrons. The number of aliphatic hydroxyl groups excluding tert-OH is 5. The van der Waals surface area contributed by atoms with Gasteiger partial charge in [0.25, 0.3) is 0 Å². The summed E-state index contributed by atoms with van der Waals surface area (Å²) in [7, 11) is 0. The molecule has 0 saturated heterocycles. The molecule has 5 atom stereocenters. The summed E-state index contributed by atoms with van der Waals surface area (Å²) in [5.41, 5.74) is 1.96. The van der Waals surface area contributed by atoms with Crippen molar-refractivity contribution in [1.29, 1.82) is 0 Å². The summed E-state index contributed by atoms with van der Waals surface area (Å²) >= 11 is 0. The van der Waals surface area contributed by atoms with Gasteiger partial charge in [0, 0.05) is 6.42 Å². The highest BCUT2D eigenvalue weighted by atomic mass is 16.6. The van der Waals surface area contributed by atoms with Gasteiger partial charge in [0.05, 0.1) is 19.4 Å². The van der Waals surface area contributed by atoms with Crippen molar-refractivity contribution in [3.05, 3.63) is 47.1 Å². The highest BCUT2D eigenvalue weighted by Crippen LogP contribution is 2.40. The molecule has 1 aliphatic rings. The number of rotatable bonds is 14. The number of carbonyl (C=O) groups excluding carboxylic acids is 3. The number of ketones is 1. The number of esters is 2. The number of aliphatic hydroxyl groups is 5. The van der Waals surface area contributed by atoms with Crippen LogP contribution >= 0.6 is 0 Å². The Hall–Kier alpha value is -2.63. The molecule has 1 aliphatic carbocycles. The molecule has 0 aromatic carbocycles. The lowest BCUT2D eigenvalue weighted by molar-refractivity contribution is -0.161. The maximum absolute atomic E-state index is 12.9. The van der Waals surface area contributed by atoms with Gasteiger partial charge in [0.15, 0.2) is 11.9 Å². The lowest BCUT2D eigenvalue weighted by Crippen LogP contribution is -2.47. The lowest BCUT2D eigenvalue weighted by Gasteiger charge is -2.36. The molecule has 0 aliphatic heterocycles. The van der Waals surface area contributed by atoms with Crippen molar-refractivity contribution in [2.24, 2.45) is 5.41 Å². The van der Waals surface area contributed by atoms with Crippen molar-refractivity contribution in [3.63, 3.8) is 0 Å². The van der Waals surface area contributed by atoms with E-state index in [4.69, 9.17) is 14.6 Å². The molecule has 5 N–H and O–H groups in total. The molecule has 10 heteroatoms. The minimum atomic E-state index is -1.87. The maximum Gasteiger partial charge on any atom is 0.307 e. The first kappa shape index (κ1) is 33.4. The largest absolute Gasteiger partial charge is 0.463 e. The Labute approximate surface area is 224 Å². The molecule has 214 valence electrons. The first-order valence-corrected chi connectivity index (χ1v) is 12.7. The average molecular weight is 539 g/mol. The average Bonchev–Trinajstić information content (AvgIpc) is 2.87. The zero-order valence-electron chi connectivity index (χ0n) is 22.8. The second-order valence-electron chi connectivity index (χ2n) is 10.0. The Bertz CT molecular complexity index is 943. The fourth-order valence-electron chi connectivity index (χ4n) is 3.95. The molecule has 0 aromatic rings. The van der Waals surface area contributed by atoms with E-state index in [1.807, 2.05) is 51.2 Å². The van der Waals surface area contributed by atoms with Crippen LogP contribution in [0.2, 0.25) is 0 Å². The van der Waals surface area contributed by atoms with E-state index in [9.17, 15) is 34.8 Å².